The molecule has 118 valence electrons. The maximum absolute atomic E-state index is 11.1. The molecule has 0 fully saturated rings. The molecule has 1 aromatic heterocycles. The third-order valence-electron chi connectivity index (χ3n) is 3.76. The summed E-state index contributed by atoms with van der Waals surface area (Å²) in [6, 6.07) is 13.7. The van der Waals surface area contributed by atoms with Crippen molar-refractivity contribution in [1.29, 1.82) is 0 Å². The third-order valence-corrected chi connectivity index (χ3v) is 3.76. The molecular formula is C18H18N2O3. The fraction of sp³-hybridized carbons (Fsp3) is 0.222. The number of ether oxygens (including phenoxy) is 1. The number of hydrogen-bond acceptors (Lipinski definition) is 3. The second kappa shape index (κ2) is 6.96. The normalized spacial score (nSPS) is 14.3. The van der Waals surface area contributed by atoms with Gasteiger partial charge >= 0.3 is 6.09 Å². The first-order chi connectivity index (χ1) is 11.2. The number of pyridine rings is 1. The Morgan fingerprint density at radius 2 is 2.04 bits per heavy atom. The fourth-order valence-corrected chi connectivity index (χ4v) is 2.50. The molecule has 0 bridgehead atoms. The Morgan fingerprint density at radius 3 is 2.74 bits per heavy atom. The predicted octanol–water partition coefficient (Wildman–Crippen LogP) is 3.43. The van der Waals surface area contributed by atoms with Crippen molar-refractivity contribution in [1.82, 2.24) is 9.88 Å². The van der Waals surface area contributed by atoms with E-state index in [2.05, 4.69) is 11.1 Å². The summed E-state index contributed by atoms with van der Waals surface area (Å²) in [5, 5.41) is 9.09. The van der Waals surface area contributed by atoms with Gasteiger partial charge in [-0.15, -0.1) is 0 Å². The summed E-state index contributed by atoms with van der Waals surface area (Å²) in [6.07, 6.45) is 3.65. The van der Waals surface area contributed by atoms with Crippen molar-refractivity contribution in [3.63, 3.8) is 0 Å². The Kier molecular flexibility index (Phi) is 4.57. The lowest BCUT2D eigenvalue weighted by Gasteiger charge is -2.24. The van der Waals surface area contributed by atoms with Crippen LogP contribution in [0.2, 0.25) is 0 Å². The zero-order valence-corrected chi connectivity index (χ0v) is 12.7. The first-order valence-corrected chi connectivity index (χ1v) is 7.52. The topological polar surface area (TPSA) is 62.7 Å². The molecule has 0 aliphatic carbocycles. The van der Waals surface area contributed by atoms with E-state index in [9.17, 15) is 4.79 Å². The van der Waals surface area contributed by atoms with Crippen molar-refractivity contribution in [2.45, 2.75) is 13.0 Å². The van der Waals surface area contributed by atoms with Crippen molar-refractivity contribution >= 4 is 11.7 Å². The SMILES string of the molecule is O=C(O)N1CCC=C(c2ccc(OCc3ccccc3)nc2)C1. The van der Waals surface area contributed by atoms with Gasteiger partial charge in [0.1, 0.15) is 6.61 Å². The highest BCUT2D eigenvalue weighted by Crippen LogP contribution is 2.22. The number of aromatic nitrogens is 1. The van der Waals surface area contributed by atoms with Crippen LogP contribution in [0.25, 0.3) is 5.57 Å². The Hall–Kier alpha value is -2.82. The average Bonchev–Trinajstić information content (AvgIpc) is 2.61. The minimum atomic E-state index is -0.883. The van der Waals surface area contributed by atoms with Gasteiger partial charge in [0, 0.05) is 25.4 Å². The molecule has 0 atom stereocenters. The molecule has 1 amide bonds. The van der Waals surface area contributed by atoms with Crippen molar-refractivity contribution in [3.8, 4) is 5.88 Å². The fourth-order valence-electron chi connectivity index (χ4n) is 2.50. The molecule has 0 saturated heterocycles. The van der Waals surface area contributed by atoms with Crippen LogP contribution >= 0.6 is 0 Å². The lowest BCUT2D eigenvalue weighted by molar-refractivity contribution is 0.150. The molecule has 0 spiro atoms. The minimum Gasteiger partial charge on any atom is -0.473 e. The Balaban J connectivity index is 1.63. The number of rotatable bonds is 4. The van der Waals surface area contributed by atoms with Gasteiger partial charge in [0.2, 0.25) is 5.88 Å². The maximum Gasteiger partial charge on any atom is 0.407 e. The van der Waals surface area contributed by atoms with E-state index >= 15 is 0 Å². The molecule has 0 saturated carbocycles. The van der Waals surface area contributed by atoms with Crippen LogP contribution in [-0.2, 0) is 6.61 Å². The molecule has 0 unspecified atom stereocenters. The zero-order chi connectivity index (χ0) is 16.1. The highest BCUT2D eigenvalue weighted by atomic mass is 16.5. The van der Waals surface area contributed by atoms with Gasteiger partial charge in [-0.2, -0.15) is 0 Å². The molecule has 3 rings (SSSR count). The van der Waals surface area contributed by atoms with E-state index in [1.54, 1.807) is 6.20 Å². The summed E-state index contributed by atoms with van der Waals surface area (Å²) in [7, 11) is 0. The van der Waals surface area contributed by atoms with Gasteiger partial charge in [0.05, 0.1) is 0 Å². The summed E-state index contributed by atoms with van der Waals surface area (Å²) in [4.78, 5) is 16.8. The maximum atomic E-state index is 11.1. The molecule has 5 heteroatoms. The summed E-state index contributed by atoms with van der Waals surface area (Å²) in [5.41, 5.74) is 3.01. The lowest BCUT2D eigenvalue weighted by atomic mass is 10.0. The standard InChI is InChI=1S/C18H18N2O3/c21-18(22)20-10-4-7-16(12-20)15-8-9-17(19-11-15)23-13-14-5-2-1-3-6-14/h1-3,5-9,11H,4,10,12-13H2,(H,21,22). The summed E-state index contributed by atoms with van der Waals surface area (Å²) in [6.45, 7) is 1.43. The van der Waals surface area contributed by atoms with E-state index in [4.69, 9.17) is 9.84 Å². The molecule has 5 nitrogen and oxygen atoms in total. The minimum absolute atomic E-state index is 0.404. The number of amides is 1. The van der Waals surface area contributed by atoms with Crippen LogP contribution in [0.15, 0.2) is 54.7 Å². The van der Waals surface area contributed by atoms with E-state index in [-0.39, 0.29) is 0 Å². The first-order valence-electron chi connectivity index (χ1n) is 7.52. The molecule has 1 N–H and O–H groups in total. The first kappa shape index (κ1) is 15.1. The van der Waals surface area contributed by atoms with Gasteiger partial charge in [-0.05, 0) is 29.2 Å². The van der Waals surface area contributed by atoms with E-state index in [1.165, 1.54) is 4.90 Å². The van der Waals surface area contributed by atoms with Gasteiger partial charge in [0.15, 0.2) is 0 Å². The number of hydrogen-bond donors (Lipinski definition) is 1. The molecule has 1 aliphatic heterocycles. The van der Waals surface area contributed by atoms with Gasteiger partial charge in [-0.1, -0.05) is 36.4 Å². The largest absolute Gasteiger partial charge is 0.473 e. The smallest absolute Gasteiger partial charge is 0.407 e. The number of nitrogens with zero attached hydrogens (tertiary/aromatic N) is 2. The quantitative estimate of drug-likeness (QED) is 0.940. The van der Waals surface area contributed by atoms with E-state index < -0.39 is 6.09 Å². The van der Waals surface area contributed by atoms with Crippen LogP contribution in [-0.4, -0.2) is 34.2 Å². The second-order valence-corrected chi connectivity index (χ2v) is 5.38. The Bertz CT molecular complexity index is 696. The highest BCUT2D eigenvalue weighted by molar-refractivity contribution is 5.73. The van der Waals surface area contributed by atoms with Crippen molar-refractivity contribution in [2.24, 2.45) is 0 Å². The second-order valence-electron chi connectivity index (χ2n) is 5.38. The number of carbonyl (C=O) groups is 1. The third kappa shape index (κ3) is 3.88. The molecule has 1 aliphatic rings. The molecule has 2 heterocycles. The summed E-state index contributed by atoms with van der Waals surface area (Å²) < 4.78 is 5.66. The number of benzene rings is 1. The molecule has 1 aromatic carbocycles. The van der Waals surface area contributed by atoms with Crippen molar-refractivity contribution in [2.75, 3.05) is 13.1 Å². The van der Waals surface area contributed by atoms with Gasteiger partial charge in [-0.25, -0.2) is 9.78 Å². The molecule has 2 aromatic rings. The number of carboxylic acid groups (broad SMARTS) is 1. The predicted molar refractivity (Wildman–Crippen MR) is 87.2 cm³/mol. The monoisotopic (exact) mass is 310 g/mol. The van der Waals surface area contributed by atoms with Crippen LogP contribution in [0.5, 0.6) is 5.88 Å². The molecule has 0 radical (unpaired) electrons. The zero-order valence-electron chi connectivity index (χ0n) is 12.7. The average molecular weight is 310 g/mol. The van der Waals surface area contributed by atoms with Gasteiger partial charge < -0.3 is 14.7 Å². The molecular weight excluding hydrogens is 292 g/mol. The van der Waals surface area contributed by atoms with Gasteiger partial charge in [-0.3, -0.25) is 0 Å². The van der Waals surface area contributed by atoms with Crippen LogP contribution in [0.1, 0.15) is 17.5 Å². The van der Waals surface area contributed by atoms with E-state index in [1.807, 2.05) is 42.5 Å². The Labute approximate surface area is 134 Å². The van der Waals surface area contributed by atoms with Crippen LogP contribution < -0.4 is 4.74 Å². The van der Waals surface area contributed by atoms with Crippen molar-refractivity contribution < 1.29 is 14.6 Å². The summed E-state index contributed by atoms with van der Waals surface area (Å²) >= 11 is 0. The van der Waals surface area contributed by atoms with E-state index in [0.717, 1.165) is 23.1 Å². The van der Waals surface area contributed by atoms with Crippen LogP contribution in [0, 0.1) is 0 Å². The highest BCUT2D eigenvalue weighted by Gasteiger charge is 2.18. The van der Waals surface area contributed by atoms with Crippen LogP contribution in [0.3, 0.4) is 0 Å². The van der Waals surface area contributed by atoms with Crippen molar-refractivity contribution in [3.05, 3.63) is 65.9 Å². The van der Waals surface area contributed by atoms with Crippen LogP contribution in [0.4, 0.5) is 4.79 Å². The molecule has 23 heavy (non-hydrogen) atoms. The lowest BCUT2D eigenvalue weighted by Crippen LogP contribution is -2.34. The van der Waals surface area contributed by atoms with E-state index in [0.29, 0.717) is 25.6 Å². The summed E-state index contributed by atoms with van der Waals surface area (Å²) in [5.74, 6) is 0.559. The Morgan fingerprint density at radius 1 is 1.22 bits per heavy atom. The van der Waals surface area contributed by atoms with Gasteiger partial charge in [0.25, 0.3) is 0 Å².